The lowest BCUT2D eigenvalue weighted by Crippen LogP contribution is -2.24. The zero-order chi connectivity index (χ0) is 24.1. The van der Waals surface area contributed by atoms with Crippen molar-refractivity contribution in [2.45, 2.75) is 6.54 Å². The predicted molar refractivity (Wildman–Crippen MR) is 128 cm³/mol. The molecule has 3 N–H and O–H groups in total. The molecule has 0 fully saturated rings. The van der Waals surface area contributed by atoms with E-state index < -0.39 is 5.91 Å². The lowest BCUT2D eigenvalue weighted by Gasteiger charge is -2.10. The van der Waals surface area contributed by atoms with Crippen molar-refractivity contribution in [3.8, 4) is 28.3 Å². The van der Waals surface area contributed by atoms with E-state index in [4.69, 9.17) is 15.2 Å². The highest BCUT2D eigenvalue weighted by Crippen LogP contribution is 2.34. The van der Waals surface area contributed by atoms with Gasteiger partial charge in [-0.2, -0.15) is 5.10 Å². The lowest BCUT2D eigenvalue weighted by molar-refractivity contribution is 0.0945. The molecule has 0 aliphatic heterocycles. The molecular formula is C26H24N4O4. The standard InChI is InChI=1S/C26H24N4O4/c1-33-22-12-11-18(14-23(22)34-2)21-16-30(20-9-4-3-5-10-20)29-24(21)26(32)28-15-17-7-6-8-19(13-17)25(27)31/h3-14,16H,15H2,1-2H3,(H2,27,31)(H,28,32). The maximum absolute atomic E-state index is 13.2. The maximum Gasteiger partial charge on any atom is 0.272 e. The number of benzene rings is 3. The molecule has 4 aromatic rings. The van der Waals surface area contributed by atoms with Crippen LogP contribution >= 0.6 is 0 Å². The van der Waals surface area contributed by atoms with E-state index in [-0.39, 0.29) is 18.1 Å². The molecule has 0 radical (unpaired) electrons. The van der Waals surface area contributed by atoms with Gasteiger partial charge in [-0.05, 0) is 47.5 Å². The number of aromatic nitrogens is 2. The molecule has 0 saturated carbocycles. The van der Waals surface area contributed by atoms with Crippen LogP contribution in [0.2, 0.25) is 0 Å². The fraction of sp³-hybridized carbons (Fsp3) is 0.115. The van der Waals surface area contributed by atoms with Crippen LogP contribution in [0.1, 0.15) is 26.4 Å². The number of hydrogen-bond acceptors (Lipinski definition) is 5. The number of carbonyl (C=O) groups excluding carboxylic acids is 2. The number of carbonyl (C=O) groups is 2. The highest BCUT2D eigenvalue weighted by molar-refractivity contribution is 5.99. The largest absolute Gasteiger partial charge is 0.493 e. The van der Waals surface area contributed by atoms with Gasteiger partial charge in [0, 0.05) is 23.9 Å². The van der Waals surface area contributed by atoms with Gasteiger partial charge >= 0.3 is 0 Å². The molecule has 34 heavy (non-hydrogen) atoms. The quantitative estimate of drug-likeness (QED) is 0.421. The summed E-state index contributed by atoms with van der Waals surface area (Å²) in [6.45, 7) is 0.212. The number of rotatable bonds is 8. The smallest absolute Gasteiger partial charge is 0.272 e. The van der Waals surface area contributed by atoms with Crippen molar-refractivity contribution in [3.63, 3.8) is 0 Å². The van der Waals surface area contributed by atoms with Gasteiger partial charge in [0.1, 0.15) is 0 Å². The Labute approximate surface area is 196 Å². The Morgan fingerprint density at radius 3 is 2.41 bits per heavy atom. The Hall–Kier alpha value is -4.59. The Bertz CT molecular complexity index is 1330. The topological polar surface area (TPSA) is 108 Å². The van der Waals surface area contributed by atoms with Crippen molar-refractivity contribution in [2.75, 3.05) is 14.2 Å². The van der Waals surface area contributed by atoms with Gasteiger partial charge in [-0.3, -0.25) is 9.59 Å². The van der Waals surface area contributed by atoms with E-state index in [1.807, 2.05) is 42.5 Å². The van der Waals surface area contributed by atoms with E-state index in [2.05, 4.69) is 10.4 Å². The number of hydrogen-bond donors (Lipinski definition) is 2. The summed E-state index contributed by atoms with van der Waals surface area (Å²) in [7, 11) is 3.12. The van der Waals surface area contributed by atoms with Crippen molar-refractivity contribution in [2.24, 2.45) is 5.73 Å². The fourth-order valence-electron chi connectivity index (χ4n) is 3.57. The van der Waals surface area contributed by atoms with Crippen molar-refractivity contribution < 1.29 is 19.1 Å². The van der Waals surface area contributed by atoms with E-state index in [0.717, 1.165) is 16.8 Å². The summed E-state index contributed by atoms with van der Waals surface area (Å²) in [5, 5.41) is 7.46. The highest BCUT2D eigenvalue weighted by Gasteiger charge is 2.20. The third kappa shape index (κ3) is 4.75. The summed E-state index contributed by atoms with van der Waals surface area (Å²) in [6, 6.07) is 21.8. The third-order valence-electron chi connectivity index (χ3n) is 5.31. The number of ether oxygens (including phenoxy) is 2. The van der Waals surface area contributed by atoms with Gasteiger partial charge < -0.3 is 20.5 Å². The summed E-state index contributed by atoms with van der Waals surface area (Å²) in [6.07, 6.45) is 1.80. The first-order valence-electron chi connectivity index (χ1n) is 10.5. The van der Waals surface area contributed by atoms with Crippen molar-refractivity contribution in [1.82, 2.24) is 15.1 Å². The minimum absolute atomic E-state index is 0.212. The van der Waals surface area contributed by atoms with Gasteiger partial charge in [-0.25, -0.2) is 4.68 Å². The van der Waals surface area contributed by atoms with E-state index >= 15 is 0 Å². The minimum atomic E-state index is -0.523. The van der Waals surface area contributed by atoms with Crippen LogP contribution in [0.3, 0.4) is 0 Å². The van der Waals surface area contributed by atoms with E-state index in [1.165, 1.54) is 0 Å². The molecule has 0 aliphatic rings. The van der Waals surface area contributed by atoms with E-state index in [1.54, 1.807) is 55.4 Å². The normalized spacial score (nSPS) is 10.5. The second-order valence-electron chi connectivity index (χ2n) is 7.49. The summed E-state index contributed by atoms with van der Waals surface area (Å²) < 4.78 is 12.4. The number of nitrogens with one attached hydrogen (secondary N) is 1. The molecular weight excluding hydrogens is 432 g/mol. The van der Waals surface area contributed by atoms with Gasteiger partial charge in [0.15, 0.2) is 17.2 Å². The number of para-hydroxylation sites is 1. The van der Waals surface area contributed by atoms with Gasteiger partial charge in [-0.15, -0.1) is 0 Å². The molecule has 8 heteroatoms. The lowest BCUT2D eigenvalue weighted by atomic mass is 10.0. The van der Waals surface area contributed by atoms with Gasteiger partial charge in [0.25, 0.3) is 5.91 Å². The van der Waals surface area contributed by atoms with Crippen molar-refractivity contribution in [1.29, 1.82) is 0 Å². The SMILES string of the molecule is COc1ccc(-c2cn(-c3ccccc3)nc2C(=O)NCc2cccc(C(N)=O)c2)cc1OC. The Morgan fingerprint density at radius 1 is 0.941 bits per heavy atom. The summed E-state index contributed by atoms with van der Waals surface area (Å²) >= 11 is 0. The molecule has 0 unspecified atom stereocenters. The number of nitrogens with two attached hydrogens (primary N) is 1. The molecule has 172 valence electrons. The zero-order valence-electron chi connectivity index (χ0n) is 18.8. The van der Waals surface area contributed by atoms with Gasteiger partial charge in [0.05, 0.1) is 19.9 Å². The summed E-state index contributed by atoms with van der Waals surface area (Å²) in [5.74, 6) is 0.249. The number of primary amides is 1. The second-order valence-corrected chi connectivity index (χ2v) is 7.49. The molecule has 0 atom stereocenters. The monoisotopic (exact) mass is 456 g/mol. The first kappa shape index (κ1) is 22.6. The Kier molecular flexibility index (Phi) is 6.59. The molecule has 0 spiro atoms. The fourth-order valence-corrected chi connectivity index (χ4v) is 3.57. The summed E-state index contributed by atoms with van der Waals surface area (Å²) in [5.41, 5.74) is 8.94. The predicted octanol–water partition coefficient (Wildman–Crippen LogP) is 3.59. The number of nitrogens with zero attached hydrogens (tertiary/aromatic N) is 2. The van der Waals surface area contributed by atoms with Crippen molar-refractivity contribution in [3.05, 3.63) is 95.8 Å². The number of amides is 2. The Balaban J connectivity index is 1.69. The average molecular weight is 457 g/mol. The molecule has 0 aliphatic carbocycles. The molecule has 0 saturated heterocycles. The van der Waals surface area contributed by atoms with Crippen molar-refractivity contribution >= 4 is 11.8 Å². The van der Waals surface area contributed by atoms with Crippen LogP contribution in [0.15, 0.2) is 79.0 Å². The molecule has 1 aromatic heterocycles. The molecule has 4 rings (SSSR count). The van der Waals surface area contributed by atoms with Crippen LogP contribution < -0.4 is 20.5 Å². The first-order valence-corrected chi connectivity index (χ1v) is 10.5. The molecule has 2 amide bonds. The first-order chi connectivity index (χ1) is 16.5. The van der Waals surface area contributed by atoms with Crippen LogP contribution in [-0.2, 0) is 6.54 Å². The van der Waals surface area contributed by atoms with Crippen LogP contribution in [0.4, 0.5) is 0 Å². The average Bonchev–Trinajstić information content (AvgIpc) is 3.33. The van der Waals surface area contributed by atoms with Gasteiger partial charge in [-0.1, -0.05) is 36.4 Å². The van der Waals surface area contributed by atoms with Crippen LogP contribution in [0.25, 0.3) is 16.8 Å². The summed E-state index contributed by atoms with van der Waals surface area (Å²) in [4.78, 5) is 24.7. The molecule has 1 heterocycles. The van der Waals surface area contributed by atoms with E-state index in [9.17, 15) is 9.59 Å². The highest BCUT2D eigenvalue weighted by atomic mass is 16.5. The minimum Gasteiger partial charge on any atom is -0.493 e. The molecule has 8 nitrogen and oxygen atoms in total. The molecule has 0 bridgehead atoms. The second kappa shape index (κ2) is 9.91. The zero-order valence-corrected chi connectivity index (χ0v) is 18.8. The van der Waals surface area contributed by atoms with Crippen LogP contribution in [-0.4, -0.2) is 35.8 Å². The molecule has 3 aromatic carbocycles. The van der Waals surface area contributed by atoms with Crippen LogP contribution in [0.5, 0.6) is 11.5 Å². The Morgan fingerprint density at radius 2 is 1.71 bits per heavy atom. The third-order valence-corrected chi connectivity index (χ3v) is 5.31. The van der Waals surface area contributed by atoms with E-state index in [0.29, 0.717) is 22.6 Å². The van der Waals surface area contributed by atoms with Crippen LogP contribution in [0, 0.1) is 0 Å². The number of methoxy groups -OCH3 is 2. The maximum atomic E-state index is 13.2. The van der Waals surface area contributed by atoms with Gasteiger partial charge in [0.2, 0.25) is 5.91 Å².